The van der Waals surface area contributed by atoms with Crippen LogP contribution in [0.3, 0.4) is 0 Å². The molecule has 3 heterocycles. The Kier molecular flexibility index (Phi) is 9.00. The van der Waals surface area contributed by atoms with Crippen molar-refractivity contribution in [2.75, 3.05) is 26.5 Å². The maximum atomic E-state index is 14.5. The van der Waals surface area contributed by atoms with E-state index in [2.05, 4.69) is 29.8 Å². The van der Waals surface area contributed by atoms with Gasteiger partial charge in [-0.1, -0.05) is 6.07 Å². The second-order valence-electron chi connectivity index (χ2n) is 9.89. The third-order valence-corrected chi connectivity index (χ3v) is 7.66. The number of aromatic nitrogens is 3. The zero-order valence-electron chi connectivity index (χ0n) is 24.7. The highest BCUT2D eigenvalue weighted by atomic mass is 32.2. The zero-order valence-corrected chi connectivity index (χ0v) is 25.5. The summed E-state index contributed by atoms with van der Waals surface area (Å²) < 4.78 is 102. The van der Waals surface area contributed by atoms with Crippen molar-refractivity contribution in [1.82, 2.24) is 20.3 Å². The van der Waals surface area contributed by atoms with E-state index in [9.17, 15) is 35.2 Å². The molecule has 3 aromatic carbocycles. The van der Waals surface area contributed by atoms with Gasteiger partial charge >= 0.3 is 15.6 Å². The number of aldehydes is 1. The molecule has 0 atom stereocenters. The highest BCUT2D eigenvalue weighted by Crippen LogP contribution is 2.40. The fraction of sp³-hybridized carbons (Fsp3) is 0.129. The number of H-pyrrole nitrogens is 1. The molecule has 0 saturated carbocycles. The summed E-state index contributed by atoms with van der Waals surface area (Å²) in [6.07, 6.45) is 1.54. The summed E-state index contributed by atoms with van der Waals surface area (Å²) in [6, 6.07) is 13.6. The standard InChI is InChI=1S/C29H17F5N4O5S.C2H7N/c1-35-22-11-25-16(19(13-39)27(42-25)14-5-7-15(30)8-6-14)9-18(22)24-12-36-28(43-44(40,41)29(32,33)34)26(38-24)23-10-17-20(31)3-2-4-21(17)37-23;1-3-2/h2-13,35,37H,1H3;3H,1-2H3. The van der Waals surface area contributed by atoms with E-state index in [0.29, 0.717) is 22.9 Å². The van der Waals surface area contributed by atoms with E-state index in [-0.39, 0.29) is 44.8 Å². The third-order valence-electron chi connectivity index (χ3n) is 6.71. The van der Waals surface area contributed by atoms with Crippen molar-refractivity contribution >= 4 is 44.0 Å². The molecule has 0 aliphatic rings. The highest BCUT2D eigenvalue weighted by Gasteiger charge is 2.49. The Balaban J connectivity index is 0.00000139. The number of rotatable bonds is 7. The van der Waals surface area contributed by atoms with Gasteiger partial charge in [-0.25, -0.2) is 18.7 Å². The monoisotopic (exact) mass is 673 g/mol. The lowest BCUT2D eigenvalue weighted by Crippen LogP contribution is -2.28. The lowest BCUT2D eigenvalue weighted by molar-refractivity contribution is -0.0501. The molecule has 0 fully saturated rings. The van der Waals surface area contributed by atoms with Gasteiger partial charge in [0.1, 0.15) is 23.0 Å². The van der Waals surface area contributed by atoms with Crippen molar-refractivity contribution in [3.05, 3.63) is 84.1 Å². The molecule has 0 spiro atoms. The number of alkyl halides is 3. The third kappa shape index (κ3) is 6.37. The average molecular weight is 674 g/mol. The number of nitrogens with one attached hydrogen (secondary N) is 3. The van der Waals surface area contributed by atoms with Gasteiger partial charge < -0.3 is 24.2 Å². The van der Waals surface area contributed by atoms with Crippen molar-refractivity contribution in [2.24, 2.45) is 0 Å². The maximum Gasteiger partial charge on any atom is 0.534 e. The van der Waals surface area contributed by atoms with Crippen molar-refractivity contribution in [3.63, 3.8) is 0 Å². The molecule has 0 amide bonds. The van der Waals surface area contributed by atoms with Crippen LogP contribution in [0.25, 0.3) is 55.8 Å². The van der Waals surface area contributed by atoms with Gasteiger partial charge in [-0.3, -0.25) is 4.79 Å². The van der Waals surface area contributed by atoms with Gasteiger partial charge in [-0.2, -0.15) is 21.6 Å². The van der Waals surface area contributed by atoms with Gasteiger partial charge in [-0.05, 0) is 62.6 Å². The van der Waals surface area contributed by atoms with Crippen LogP contribution in [-0.2, 0) is 10.1 Å². The molecule has 3 N–H and O–H groups in total. The minimum atomic E-state index is -6.15. The number of furan rings is 1. The molecular formula is C31H24F5N5O5S. The number of anilines is 1. The quantitative estimate of drug-likeness (QED) is 0.0715. The number of fused-ring (bicyclic) bond motifs is 2. The lowest BCUT2D eigenvalue weighted by atomic mass is 10.0. The molecule has 244 valence electrons. The summed E-state index contributed by atoms with van der Waals surface area (Å²) in [5, 5.41) is 6.07. The smallest absolute Gasteiger partial charge is 0.455 e. The minimum Gasteiger partial charge on any atom is -0.455 e. The predicted molar refractivity (Wildman–Crippen MR) is 165 cm³/mol. The topological polar surface area (TPSA) is 139 Å². The Morgan fingerprint density at radius 3 is 2.30 bits per heavy atom. The lowest BCUT2D eigenvalue weighted by Gasteiger charge is -2.13. The van der Waals surface area contributed by atoms with E-state index in [1.807, 2.05) is 14.1 Å². The van der Waals surface area contributed by atoms with Crippen LogP contribution in [0.4, 0.5) is 27.6 Å². The molecule has 0 aliphatic heterocycles. The Morgan fingerprint density at radius 1 is 0.979 bits per heavy atom. The summed E-state index contributed by atoms with van der Waals surface area (Å²) in [6.45, 7) is 0. The molecule has 6 aromatic rings. The number of aromatic amines is 1. The summed E-state index contributed by atoms with van der Waals surface area (Å²) in [4.78, 5) is 23.2. The van der Waals surface area contributed by atoms with Crippen LogP contribution >= 0.6 is 0 Å². The Hall–Kier alpha value is -5.35. The van der Waals surface area contributed by atoms with E-state index in [1.165, 1.54) is 48.5 Å². The van der Waals surface area contributed by atoms with Gasteiger partial charge in [0.2, 0.25) is 0 Å². The average Bonchev–Trinajstić information content (AvgIpc) is 3.63. The van der Waals surface area contributed by atoms with Crippen molar-refractivity contribution < 1.29 is 43.8 Å². The second-order valence-corrected chi connectivity index (χ2v) is 11.4. The number of carbonyl (C=O) groups is 1. The summed E-state index contributed by atoms with van der Waals surface area (Å²) in [5.74, 6) is -1.98. The van der Waals surface area contributed by atoms with E-state index in [4.69, 9.17) is 4.42 Å². The minimum absolute atomic E-state index is 0.0171. The number of nitrogens with zero attached hydrogens (tertiary/aromatic N) is 2. The van der Waals surface area contributed by atoms with Crippen LogP contribution < -0.4 is 14.8 Å². The number of halogens is 5. The first-order valence-corrected chi connectivity index (χ1v) is 15.0. The first kappa shape index (κ1) is 33.0. The molecule has 0 saturated heterocycles. The number of hydrogen-bond acceptors (Lipinski definition) is 9. The van der Waals surface area contributed by atoms with Crippen LogP contribution in [0, 0.1) is 11.6 Å². The van der Waals surface area contributed by atoms with Crippen LogP contribution in [0.1, 0.15) is 10.4 Å². The molecule has 47 heavy (non-hydrogen) atoms. The first-order valence-electron chi connectivity index (χ1n) is 13.6. The van der Waals surface area contributed by atoms with Crippen molar-refractivity contribution in [3.8, 4) is 39.8 Å². The molecule has 0 radical (unpaired) electrons. The summed E-state index contributed by atoms with van der Waals surface area (Å²) in [7, 11) is -0.835. The highest BCUT2D eigenvalue weighted by molar-refractivity contribution is 7.88. The Bertz CT molecular complexity index is 2210. The van der Waals surface area contributed by atoms with Crippen LogP contribution in [0.5, 0.6) is 5.88 Å². The summed E-state index contributed by atoms with van der Waals surface area (Å²) >= 11 is 0. The van der Waals surface area contributed by atoms with Crippen LogP contribution in [0.15, 0.2) is 71.3 Å². The van der Waals surface area contributed by atoms with E-state index in [1.54, 1.807) is 13.1 Å². The van der Waals surface area contributed by atoms with Gasteiger partial charge in [0.25, 0.3) is 5.88 Å². The molecular weight excluding hydrogens is 649 g/mol. The van der Waals surface area contributed by atoms with Crippen molar-refractivity contribution in [1.29, 1.82) is 0 Å². The van der Waals surface area contributed by atoms with E-state index in [0.717, 1.165) is 12.3 Å². The SMILES string of the molecule is CNC.CNc1cc2oc(-c3ccc(F)cc3)c(C=O)c2cc1-c1cnc(OS(=O)(=O)C(F)(F)F)c(-c2cc3c(F)cccc3[nH]2)n1. The first-order chi connectivity index (χ1) is 22.3. The zero-order chi connectivity index (χ0) is 34.1. The molecule has 10 nitrogen and oxygen atoms in total. The van der Waals surface area contributed by atoms with Gasteiger partial charge in [0.05, 0.1) is 23.1 Å². The van der Waals surface area contributed by atoms with Crippen LogP contribution in [0.2, 0.25) is 0 Å². The van der Waals surface area contributed by atoms with Crippen LogP contribution in [-0.4, -0.2) is 56.3 Å². The normalized spacial score (nSPS) is 11.7. The van der Waals surface area contributed by atoms with Gasteiger partial charge in [0, 0.05) is 46.2 Å². The Morgan fingerprint density at radius 2 is 1.68 bits per heavy atom. The second kappa shape index (κ2) is 12.8. The maximum absolute atomic E-state index is 14.5. The molecule has 0 unspecified atom stereocenters. The number of hydrogen-bond donors (Lipinski definition) is 3. The Labute approximate surface area is 263 Å². The van der Waals surface area contributed by atoms with Crippen molar-refractivity contribution in [2.45, 2.75) is 5.51 Å². The number of benzene rings is 3. The molecule has 0 aliphatic carbocycles. The molecule has 3 aromatic heterocycles. The summed E-state index contributed by atoms with van der Waals surface area (Å²) in [5.41, 5.74) is -4.56. The molecule has 0 bridgehead atoms. The fourth-order valence-corrected chi connectivity index (χ4v) is 5.08. The number of carbonyl (C=O) groups excluding carboxylic acids is 1. The van der Waals surface area contributed by atoms with E-state index < -0.39 is 38.8 Å². The molecule has 6 rings (SSSR count). The fourth-order valence-electron chi connectivity index (χ4n) is 4.65. The van der Waals surface area contributed by atoms with Gasteiger partial charge in [0.15, 0.2) is 12.0 Å². The van der Waals surface area contributed by atoms with E-state index >= 15 is 0 Å². The predicted octanol–water partition coefficient (Wildman–Crippen LogP) is 6.90. The van der Waals surface area contributed by atoms with Gasteiger partial charge in [-0.15, -0.1) is 0 Å². The largest absolute Gasteiger partial charge is 0.534 e. The molecule has 16 heteroatoms.